The largest absolute Gasteiger partial charge is 0.460 e. The molecule has 3 rings (SSSR count). The maximum Gasteiger partial charge on any atom is 0.329 e. The number of aryl methyl sites for hydroxylation is 1. The Bertz CT molecular complexity index is 1000. The van der Waals surface area contributed by atoms with E-state index in [1.54, 1.807) is 10.6 Å². The van der Waals surface area contributed by atoms with Gasteiger partial charge in [0.05, 0.1) is 11.0 Å². The molecule has 0 saturated carbocycles. The third-order valence-electron chi connectivity index (χ3n) is 4.22. The lowest BCUT2D eigenvalue weighted by Crippen LogP contribution is -2.36. The van der Waals surface area contributed by atoms with E-state index in [-0.39, 0.29) is 25.4 Å². The van der Waals surface area contributed by atoms with Crippen molar-refractivity contribution in [2.45, 2.75) is 26.6 Å². The quantitative estimate of drug-likeness (QED) is 0.644. The molecule has 0 aliphatic carbocycles. The summed E-state index contributed by atoms with van der Waals surface area (Å²) in [6.07, 6.45) is 0. The number of nitrogens with zero attached hydrogens (tertiary/aromatic N) is 2. The number of nitrogens with one attached hydrogen (secondary N) is 1. The molecule has 1 heterocycles. The van der Waals surface area contributed by atoms with Crippen molar-refractivity contribution < 1.29 is 14.3 Å². The van der Waals surface area contributed by atoms with Crippen LogP contribution in [0.1, 0.15) is 12.5 Å². The molecule has 0 saturated heterocycles. The van der Waals surface area contributed by atoms with E-state index in [9.17, 15) is 14.4 Å². The van der Waals surface area contributed by atoms with Crippen LogP contribution in [0, 0.1) is 0 Å². The molecule has 1 amide bonds. The average molecular weight is 367 g/mol. The molecule has 0 spiro atoms. The third-order valence-corrected chi connectivity index (χ3v) is 4.22. The summed E-state index contributed by atoms with van der Waals surface area (Å²) in [5.41, 5.74) is 2.09. The van der Waals surface area contributed by atoms with E-state index in [0.717, 1.165) is 11.1 Å². The van der Waals surface area contributed by atoms with Gasteiger partial charge in [-0.25, -0.2) is 4.79 Å². The number of fused-ring (bicyclic) bond motifs is 1. The van der Waals surface area contributed by atoms with Crippen LogP contribution in [0.15, 0.2) is 59.4 Å². The van der Waals surface area contributed by atoms with Gasteiger partial charge in [0.2, 0.25) is 5.91 Å². The van der Waals surface area contributed by atoms with Crippen molar-refractivity contribution >= 4 is 22.9 Å². The fourth-order valence-electron chi connectivity index (χ4n) is 2.89. The zero-order valence-electron chi connectivity index (χ0n) is 15.1. The lowest BCUT2D eigenvalue weighted by atomic mass is 10.2. The van der Waals surface area contributed by atoms with Crippen molar-refractivity contribution in [3.63, 3.8) is 0 Å². The lowest BCUT2D eigenvalue weighted by Gasteiger charge is -2.07. The normalized spacial score (nSPS) is 10.7. The summed E-state index contributed by atoms with van der Waals surface area (Å²) in [6, 6.07) is 16.6. The van der Waals surface area contributed by atoms with Crippen molar-refractivity contribution in [3.05, 3.63) is 70.6 Å². The first kappa shape index (κ1) is 18.4. The van der Waals surface area contributed by atoms with Crippen molar-refractivity contribution in [2.75, 3.05) is 6.54 Å². The number of para-hydroxylation sites is 2. The highest BCUT2D eigenvalue weighted by atomic mass is 16.5. The fraction of sp³-hybridized carbons (Fsp3) is 0.250. The van der Waals surface area contributed by atoms with E-state index < -0.39 is 11.9 Å². The summed E-state index contributed by atoms with van der Waals surface area (Å²) >= 11 is 0. The Morgan fingerprint density at radius 3 is 2.26 bits per heavy atom. The predicted molar refractivity (Wildman–Crippen MR) is 101 cm³/mol. The number of aromatic nitrogens is 2. The minimum absolute atomic E-state index is 0.152. The summed E-state index contributed by atoms with van der Waals surface area (Å²) in [4.78, 5) is 36.5. The zero-order valence-corrected chi connectivity index (χ0v) is 15.1. The first-order valence-corrected chi connectivity index (χ1v) is 8.74. The summed E-state index contributed by atoms with van der Waals surface area (Å²) in [5.74, 6) is -0.955. The van der Waals surface area contributed by atoms with Crippen LogP contribution in [0.4, 0.5) is 0 Å². The molecule has 0 radical (unpaired) electrons. The molecule has 7 nitrogen and oxygen atoms in total. The van der Waals surface area contributed by atoms with Crippen LogP contribution >= 0.6 is 0 Å². The Kier molecular flexibility index (Phi) is 5.71. The number of hydrogen-bond acceptors (Lipinski definition) is 4. The van der Waals surface area contributed by atoms with Crippen LogP contribution in [0.3, 0.4) is 0 Å². The maximum absolute atomic E-state index is 12.5. The Morgan fingerprint density at radius 1 is 0.963 bits per heavy atom. The molecule has 0 bridgehead atoms. The molecule has 27 heavy (non-hydrogen) atoms. The first-order chi connectivity index (χ1) is 13.1. The number of carbonyl (C=O) groups is 2. The Balaban J connectivity index is 1.58. The highest BCUT2D eigenvalue weighted by Crippen LogP contribution is 2.12. The number of rotatable bonds is 7. The number of benzene rings is 2. The van der Waals surface area contributed by atoms with Crippen molar-refractivity contribution in [1.82, 2.24) is 14.5 Å². The molecular weight excluding hydrogens is 346 g/mol. The standard InChI is InChI=1S/C20H21N3O4/c1-2-22-16-10-6-7-11-17(16)23(20(22)26)13-18(24)21-12-19(25)27-14-15-8-4-3-5-9-15/h3-11H,2,12-14H2,1H3,(H,21,24). The van der Waals surface area contributed by atoms with Gasteiger partial charge < -0.3 is 10.1 Å². The van der Waals surface area contributed by atoms with Gasteiger partial charge in [-0.15, -0.1) is 0 Å². The van der Waals surface area contributed by atoms with E-state index >= 15 is 0 Å². The average Bonchev–Trinajstić information content (AvgIpc) is 2.96. The molecule has 7 heteroatoms. The van der Waals surface area contributed by atoms with Crippen molar-refractivity contribution in [3.8, 4) is 0 Å². The summed E-state index contributed by atoms with van der Waals surface area (Å²) in [6.45, 7) is 2.14. The Labute approximate surface area is 156 Å². The molecule has 0 aliphatic heterocycles. The molecule has 3 aromatic rings. The molecule has 2 aromatic carbocycles. The van der Waals surface area contributed by atoms with Gasteiger partial charge in [0.1, 0.15) is 19.7 Å². The van der Waals surface area contributed by atoms with E-state index in [4.69, 9.17) is 4.74 Å². The monoisotopic (exact) mass is 367 g/mol. The van der Waals surface area contributed by atoms with E-state index in [1.807, 2.05) is 55.5 Å². The number of ether oxygens (including phenoxy) is 1. The van der Waals surface area contributed by atoms with Gasteiger partial charge in [-0.3, -0.25) is 18.7 Å². The first-order valence-electron chi connectivity index (χ1n) is 8.74. The van der Waals surface area contributed by atoms with Crippen LogP contribution in [0.2, 0.25) is 0 Å². The smallest absolute Gasteiger partial charge is 0.329 e. The van der Waals surface area contributed by atoms with Gasteiger partial charge >= 0.3 is 11.7 Å². The highest BCUT2D eigenvalue weighted by molar-refractivity contribution is 5.83. The number of amides is 1. The van der Waals surface area contributed by atoms with Gasteiger partial charge in [0.15, 0.2) is 0 Å². The SMILES string of the molecule is CCn1c(=O)n(CC(=O)NCC(=O)OCc2ccccc2)c2ccccc21. The van der Waals surface area contributed by atoms with Crippen LogP contribution in [-0.4, -0.2) is 27.6 Å². The molecule has 0 unspecified atom stereocenters. The van der Waals surface area contributed by atoms with E-state index in [2.05, 4.69) is 5.32 Å². The summed E-state index contributed by atoms with van der Waals surface area (Å²) in [7, 11) is 0. The van der Waals surface area contributed by atoms with E-state index in [1.165, 1.54) is 4.57 Å². The lowest BCUT2D eigenvalue weighted by molar-refractivity contribution is -0.145. The fourth-order valence-corrected chi connectivity index (χ4v) is 2.89. The van der Waals surface area contributed by atoms with Crippen LogP contribution in [-0.2, 0) is 34.0 Å². The second-order valence-corrected chi connectivity index (χ2v) is 6.02. The maximum atomic E-state index is 12.5. The summed E-state index contributed by atoms with van der Waals surface area (Å²) < 4.78 is 8.13. The number of esters is 1. The van der Waals surface area contributed by atoms with Crippen LogP contribution in [0.25, 0.3) is 11.0 Å². The van der Waals surface area contributed by atoms with Crippen LogP contribution in [0.5, 0.6) is 0 Å². The topological polar surface area (TPSA) is 82.3 Å². The highest BCUT2D eigenvalue weighted by Gasteiger charge is 2.15. The van der Waals surface area contributed by atoms with Gasteiger partial charge in [-0.2, -0.15) is 0 Å². The number of imidazole rings is 1. The Hall–Kier alpha value is -3.35. The van der Waals surface area contributed by atoms with Crippen molar-refractivity contribution in [2.24, 2.45) is 0 Å². The predicted octanol–water partition coefficient (Wildman–Crippen LogP) is 1.68. The van der Waals surface area contributed by atoms with Crippen molar-refractivity contribution in [1.29, 1.82) is 0 Å². The van der Waals surface area contributed by atoms with Gasteiger partial charge in [0, 0.05) is 6.54 Å². The number of carbonyl (C=O) groups excluding carboxylic acids is 2. The molecule has 0 atom stereocenters. The molecule has 140 valence electrons. The van der Waals surface area contributed by atoms with Gasteiger partial charge in [-0.05, 0) is 24.6 Å². The minimum Gasteiger partial charge on any atom is -0.460 e. The van der Waals surface area contributed by atoms with Gasteiger partial charge in [0.25, 0.3) is 0 Å². The second kappa shape index (κ2) is 8.35. The number of hydrogen-bond donors (Lipinski definition) is 1. The molecule has 1 aromatic heterocycles. The molecule has 0 fully saturated rings. The van der Waals surface area contributed by atoms with E-state index in [0.29, 0.717) is 12.1 Å². The van der Waals surface area contributed by atoms with Gasteiger partial charge in [-0.1, -0.05) is 42.5 Å². The molecule has 0 aliphatic rings. The summed E-state index contributed by atoms with van der Waals surface area (Å²) in [5, 5.41) is 2.50. The third kappa shape index (κ3) is 4.25. The minimum atomic E-state index is -0.532. The molecule has 1 N–H and O–H groups in total. The second-order valence-electron chi connectivity index (χ2n) is 6.02. The molecular formula is C20H21N3O4. The van der Waals surface area contributed by atoms with Crippen LogP contribution < -0.4 is 11.0 Å². The zero-order chi connectivity index (χ0) is 19.2. The Morgan fingerprint density at radius 2 is 1.59 bits per heavy atom.